The van der Waals surface area contributed by atoms with Crippen molar-refractivity contribution in [1.82, 2.24) is 14.6 Å². The molecular weight excluding hydrogens is 440 g/mol. The van der Waals surface area contributed by atoms with E-state index in [2.05, 4.69) is 27.0 Å². The second-order valence-corrected chi connectivity index (χ2v) is 10.0. The smallest absolute Gasteiger partial charge is 0.263 e. The number of benzene rings is 2. The second kappa shape index (κ2) is 8.55. The maximum Gasteiger partial charge on any atom is 0.263 e. The van der Waals surface area contributed by atoms with Crippen molar-refractivity contribution in [1.29, 1.82) is 0 Å². The first-order chi connectivity index (χ1) is 16.0. The van der Waals surface area contributed by atoms with Crippen molar-refractivity contribution in [2.75, 3.05) is 26.7 Å². The normalized spacial score (nSPS) is 18.9. The van der Waals surface area contributed by atoms with Crippen molar-refractivity contribution in [3.8, 4) is 5.75 Å². The van der Waals surface area contributed by atoms with Gasteiger partial charge in [-0.25, -0.2) is 8.42 Å². The molecule has 0 unspecified atom stereocenters. The van der Waals surface area contributed by atoms with Crippen LogP contribution in [0.25, 0.3) is 10.9 Å². The van der Waals surface area contributed by atoms with E-state index in [0.29, 0.717) is 30.4 Å². The molecule has 0 saturated carbocycles. The number of carbonyl (C=O) groups is 1. The number of piperidine rings is 1. The Labute approximate surface area is 192 Å². The van der Waals surface area contributed by atoms with Gasteiger partial charge in [0.2, 0.25) is 5.91 Å². The molecule has 172 valence electrons. The third kappa shape index (κ3) is 4.08. The Hall–Kier alpha value is -3.33. The summed E-state index contributed by atoms with van der Waals surface area (Å²) in [5.41, 5.74) is 2.92. The molecule has 9 heteroatoms. The van der Waals surface area contributed by atoms with E-state index in [9.17, 15) is 13.2 Å². The number of carbonyl (C=O) groups excluding carboxylic acids is 1. The van der Waals surface area contributed by atoms with E-state index in [0.717, 1.165) is 24.1 Å². The maximum absolute atomic E-state index is 12.7. The largest absolute Gasteiger partial charge is 0.497 e. The highest BCUT2D eigenvalue weighted by Crippen LogP contribution is 2.34. The number of nitrogens with zero attached hydrogens (tertiary/aromatic N) is 2. The lowest BCUT2D eigenvalue weighted by molar-refractivity contribution is -0.132. The molecule has 0 spiro atoms. The second-order valence-electron chi connectivity index (χ2n) is 8.39. The third-order valence-corrected chi connectivity index (χ3v) is 7.86. The standard InChI is InChI=1S/C24H26N4O4S/c1-32-17-6-7-21-19(14-17)20(15-26-21)16-9-12-28(13-10-16)23(29)8-11-25-24-18-4-2-3-5-22(18)33(30,31)27-24/h2-7,14-16,26H,8-13H2,1H3,(H,25,27). The fourth-order valence-corrected chi connectivity index (χ4v) is 5.95. The molecule has 2 aliphatic heterocycles. The van der Waals surface area contributed by atoms with Crippen LogP contribution in [0.2, 0.25) is 0 Å². The third-order valence-electron chi connectivity index (χ3n) is 6.47. The summed E-state index contributed by atoms with van der Waals surface area (Å²) in [7, 11) is -1.89. The number of hydrogen-bond donors (Lipinski definition) is 2. The van der Waals surface area contributed by atoms with Crippen LogP contribution in [0.1, 0.15) is 36.3 Å². The zero-order valence-corrected chi connectivity index (χ0v) is 19.2. The monoisotopic (exact) mass is 466 g/mol. The van der Waals surface area contributed by atoms with E-state index in [1.165, 1.54) is 10.9 Å². The number of aromatic amines is 1. The molecule has 0 atom stereocenters. The van der Waals surface area contributed by atoms with Crippen LogP contribution in [0.4, 0.5) is 0 Å². The van der Waals surface area contributed by atoms with Gasteiger partial charge in [-0.05, 0) is 54.7 Å². The van der Waals surface area contributed by atoms with Gasteiger partial charge in [0.15, 0.2) is 0 Å². The van der Waals surface area contributed by atoms with Crippen molar-refractivity contribution >= 4 is 32.7 Å². The van der Waals surface area contributed by atoms with Crippen molar-refractivity contribution in [2.45, 2.75) is 30.1 Å². The minimum Gasteiger partial charge on any atom is -0.497 e. The molecule has 1 amide bonds. The van der Waals surface area contributed by atoms with E-state index in [1.54, 1.807) is 31.4 Å². The molecule has 5 rings (SSSR count). The number of likely N-dealkylation sites (tertiary alicyclic amines) is 1. The number of hydrogen-bond acceptors (Lipinski definition) is 5. The quantitative estimate of drug-likeness (QED) is 0.603. The number of methoxy groups -OCH3 is 1. The Kier molecular flexibility index (Phi) is 5.57. The highest BCUT2D eigenvalue weighted by atomic mass is 32.2. The molecule has 2 N–H and O–H groups in total. The number of nitrogens with one attached hydrogen (secondary N) is 2. The summed E-state index contributed by atoms with van der Waals surface area (Å²) in [4.78, 5) is 22.5. The molecule has 1 saturated heterocycles. The average Bonchev–Trinajstić information content (AvgIpc) is 3.37. The van der Waals surface area contributed by atoms with Gasteiger partial charge < -0.3 is 14.6 Å². The van der Waals surface area contributed by atoms with Crippen LogP contribution in [0, 0.1) is 0 Å². The Morgan fingerprint density at radius 2 is 1.97 bits per heavy atom. The number of aromatic nitrogens is 1. The predicted octanol–water partition coefficient (Wildman–Crippen LogP) is 3.01. The fraction of sp³-hybridized carbons (Fsp3) is 0.333. The molecule has 2 aromatic carbocycles. The van der Waals surface area contributed by atoms with Crippen molar-refractivity contribution in [2.24, 2.45) is 4.99 Å². The van der Waals surface area contributed by atoms with Crippen molar-refractivity contribution < 1.29 is 17.9 Å². The van der Waals surface area contributed by atoms with Crippen molar-refractivity contribution in [3.05, 3.63) is 59.8 Å². The first-order valence-electron chi connectivity index (χ1n) is 11.1. The number of fused-ring (bicyclic) bond motifs is 2. The Morgan fingerprint density at radius 3 is 2.76 bits per heavy atom. The summed E-state index contributed by atoms with van der Waals surface area (Å²) in [6.45, 7) is 1.64. The first kappa shape index (κ1) is 21.5. The van der Waals surface area contributed by atoms with Gasteiger partial charge in [0, 0.05) is 42.2 Å². The minimum absolute atomic E-state index is 0.0486. The molecule has 3 aromatic rings. The van der Waals surface area contributed by atoms with Crippen LogP contribution >= 0.6 is 0 Å². The summed E-state index contributed by atoms with van der Waals surface area (Å²) in [6, 6.07) is 12.8. The summed E-state index contributed by atoms with van der Waals surface area (Å²) >= 11 is 0. The highest BCUT2D eigenvalue weighted by Gasteiger charge is 2.30. The van der Waals surface area contributed by atoms with Crippen LogP contribution < -0.4 is 9.46 Å². The molecule has 33 heavy (non-hydrogen) atoms. The van der Waals surface area contributed by atoms with Gasteiger partial charge in [-0.2, -0.15) is 0 Å². The molecule has 1 fully saturated rings. The van der Waals surface area contributed by atoms with Gasteiger partial charge in [-0.15, -0.1) is 0 Å². The van der Waals surface area contributed by atoms with E-state index < -0.39 is 10.0 Å². The molecular formula is C24H26N4O4S. The maximum atomic E-state index is 12.7. The number of H-pyrrole nitrogens is 1. The van der Waals surface area contributed by atoms with Crippen LogP contribution in [0.5, 0.6) is 5.75 Å². The number of amides is 1. The van der Waals surface area contributed by atoms with Crippen LogP contribution in [0.3, 0.4) is 0 Å². The minimum atomic E-state index is -3.56. The van der Waals surface area contributed by atoms with Gasteiger partial charge in [0.1, 0.15) is 11.6 Å². The lowest BCUT2D eigenvalue weighted by atomic mass is 9.89. The van der Waals surface area contributed by atoms with E-state index in [4.69, 9.17) is 4.74 Å². The van der Waals surface area contributed by atoms with Gasteiger partial charge >= 0.3 is 0 Å². The van der Waals surface area contributed by atoms with E-state index in [1.807, 2.05) is 17.0 Å². The predicted molar refractivity (Wildman–Crippen MR) is 126 cm³/mol. The van der Waals surface area contributed by atoms with Crippen LogP contribution in [-0.4, -0.2) is 56.8 Å². The van der Waals surface area contributed by atoms with Crippen molar-refractivity contribution in [3.63, 3.8) is 0 Å². The van der Waals surface area contributed by atoms with Crippen LogP contribution in [-0.2, 0) is 14.8 Å². The number of aliphatic imine (C=N–C) groups is 1. The van der Waals surface area contributed by atoms with Gasteiger partial charge in [0.05, 0.1) is 18.6 Å². The molecule has 0 bridgehead atoms. The summed E-state index contributed by atoms with van der Waals surface area (Å²) in [5, 5.41) is 1.18. The molecule has 0 aliphatic carbocycles. The summed E-state index contributed by atoms with van der Waals surface area (Å²) < 4.78 is 32.2. The fourth-order valence-electron chi connectivity index (χ4n) is 4.70. The topological polar surface area (TPSA) is 104 Å². The molecule has 8 nitrogen and oxygen atoms in total. The summed E-state index contributed by atoms with van der Waals surface area (Å²) in [6.07, 6.45) is 4.13. The van der Waals surface area contributed by atoms with E-state index in [-0.39, 0.29) is 23.8 Å². The number of sulfonamides is 1. The van der Waals surface area contributed by atoms with Gasteiger partial charge in [0.25, 0.3) is 10.0 Å². The molecule has 0 radical (unpaired) electrons. The Bertz CT molecular complexity index is 1340. The first-order valence-corrected chi connectivity index (χ1v) is 12.5. The zero-order chi connectivity index (χ0) is 23.0. The SMILES string of the molecule is COc1ccc2[nH]cc(C3CCN(C(=O)CCN=C4NS(=O)(=O)c5ccccc54)CC3)c2c1. The van der Waals surface area contributed by atoms with Crippen LogP contribution in [0.15, 0.2) is 58.5 Å². The summed E-state index contributed by atoms with van der Waals surface area (Å²) in [5.74, 6) is 1.59. The highest BCUT2D eigenvalue weighted by molar-refractivity contribution is 7.90. The number of amidine groups is 1. The molecule has 1 aromatic heterocycles. The lowest BCUT2D eigenvalue weighted by Crippen LogP contribution is -2.38. The Morgan fingerprint density at radius 1 is 1.18 bits per heavy atom. The lowest BCUT2D eigenvalue weighted by Gasteiger charge is -2.32. The molecule has 2 aliphatic rings. The number of rotatable bonds is 5. The molecule has 3 heterocycles. The zero-order valence-electron chi connectivity index (χ0n) is 18.4. The van der Waals surface area contributed by atoms with E-state index >= 15 is 0 Å². The Balaban J connectivity index is 1.19. The number of ether oxygens (including phenoxy) is 1. The average molecular weight is 467 g/mol. The van der Waals surface area contributed by atoms with Gasteiger partial charge in [-0.1, -0.05) is 12.1 Å². The van der Waals surface area contributed by atoms with Gasteiger partial charge in [-0.3, -0.25) is 14.5 Å².